The normalized spacial score (nSPS) is 23.3. The Bertz CT molecular complexity index is 640. The Morgan fingerprint density at radius 2 is 1.89 bits per heavy atom. The molecule has 1 atom stereocenters. The van der Waals surface area contributed by atoms with Gasteiger partial charge in [-0.05, 0) is 27.6 Å². The Hall–Kier alpha value is -1.15. The molecule has 19 heavy (non-hydrogen) atoms. The van der Waals surface area contributed by atoms with Gasteiger partial charge in [0.15, 0.2) is 0 Å². The van der Waals surface area contributed by atoms with Gasteiger partial charge in [-0.25, -0.2) is 13.6 Å². The number of allylic oxidation sites excluding steroid dienone is 2. The number of benzene rings is 1. The van der Waals surface area contributed by atoms with Crippen LogP contribution in [0.15, 0.2) is 52.0 Å². The van der Waals surface area contributed by atoms with Crippen LogP contribution in [0.25, 0.3) is 0 Å². The van der Waals surface area contributed by atoms with Crippen molar-refractivity contribution < 1.29 is 8.42 Å². The van der Waals surface area contributed by atoms with Crippen molar-refractivity contribution in [2.75, 3.05) is 0 Å². The van der Waals surface area contributed by atoms with E-state index in [0.29, 0.717) is 10.9 Å². The van der Waals surface area contributed by atoms with Gasteiger partial charge in [0.25, 0.3) is 0 Å². The minimum absolute atomic E-state index is 0.0433. The molecule has 1 aromatic rings. The molecule has 0 aliphatic carbocycles. The summed E-state index contributed by atoms with van der Waals surface area (Å²) in [5, 5.41) is 8.13. The van der Waals surface area contributed by atoms with Crippen LogP contribution in [0.2, 0.25) is 0 Å². The molecule has 1 unspecified atom stereocenters. The zero-order chi connectivity index (χ0) is 14.1. The first kappa shape index (κ1) is 14.3. The molecule has 0 fully saturated rings. The Morgan fingerprint density at radius 3 is 2.47 bits per heavy atom. The molecule has 0 aromatic heterocycles. The number of hydrogen-bond acceptors (Lipinski definition) is 4. The summed E-state index contributed by atoms with van der Waals surface area (Å²) in [6.07, 6.45) is 3.35. The van der Waals surface area contributed by atoms with Gasteiger partial charge >= 0.3 is 0 Å². The van der Waals surface area contributed by atoms with Gasteiger partial charge in [0.2, 0.25) is 10.0 Å². The molecule has 7 heteroatoms. The minimum Gasteiger partial charge on any atom is -0.368 e. The van der Waals surface area contributed by atoms with Crippen LogP contribution in [0, 0.1) is 0 Å². The second-order valence-electron chi connectivity index (χ2n) is 4.36. The van der Waals surface area contributed by atoms with E-state index < -0.39 is 15.7 Å². The average molecular weight is 344 g/mol. The van der Waals surface area contributed by atoms with E-state index in [4.69, 9.17) is 10.9 Å². The highest BCUT2D eigenvalue weighted by Gasteiger charge is 2.37. The standard InChI is InChI=1S/C12H14BrN3O2S/c13-10-6-11(19(15,17)18)12(14,16-8-10)7-9-4-2-1-3-5-9/h1-6,8,16H,7,14H2,(H2,15,17,18). The van der Waals surface area contributed by atoms with Crippen LogP contribution in [0.5, 0.6) is 0 Å². The fourth-order valence-electron chi connectivity index (χ4n) is 1.96. The lowest BCUT2D eigenvalue weighted by Gasteiger charge is -2.34. The van der Waals surface area contributed by atoms with Gasteiger partial charge in [-0.15, -0.1) is 0 Å². The number of dihydropyridines is 1. The van der Waals surface area contributed by atoms with E-state index in [0.717, 1.165) is 5.56 Å². The number of rotatable bonds is 3. The first-order valence-electron chi connectivity index (χ1n) is 5.52. The summed E-state index contributed by atoms with van der Waals surface area (Å²) in [5.74, 6) is 0. The minimum atomic E-state index is -3.88. The van der Waals surface area contributed by atoms with Gasteiger partial charge in [0.1, 0.15) is 10.6 Å². The van der Waals surface area contributed by atoms with Gasteiger partial charge in [-0.3, -0.25) is 0 Å². The topological polar surface area (TPSA) is 98.2 Å². The van der Waals surface area contributed by atoms with Gasteiger partial charge in [0.05, 0.1) is 0 Å². The molecule has 1 aromatic carbocycles. The summed E-state index contributed by atoms with van der Waals surface area (Å²) in [7, 11) is -3.88. The second kappa shape index (κ2) is 5.09. The third-order valence-corrected chi connectivity index (χ3v) is 4.36. The quantitative estimate of drug-likeness (QED) is 0.759. The van der Waals surface area contributed by atoms with Crippen molar-refractivity contribution in [3.8, 4) is 0 Å². The van der Waals surface area contributed by atoms with Crippen LogP contribution >= 0.6 is 15.9 Å². The van der Waals surface area contributed by atoms with Crippen molar-refractivity contribution in [1.29, 1.82) is 0 Å². The maximum Gasteiger partial charge on any atom is 0.237 e. The summed E-state index contributed by atoms with van der Waals surface area (Å²) in [6, 6.07) is 9.38. The van der Waals surface area contributed by atoms with Crippen molar-refractivity contribution >= 4 is 26.0 Å². The van der Waals surface area contributed by atoms with Crippen LogP contribution in [-0.2, 0) is 16.4 Å². The third kappa shape index (κ3) is 3.24. The number of nitrogens with one attached hydrogen (secondary N) is 1. The van der Waals surface area contributed by atoms with Crippen molar-refractivity contribution in [1.82, 2.24) is 5.32 Å². The lowest BCUT2D eigenvalue weighted by molar-refractivity contribution is 0.449. The highest BCUT2D eigenvalue weighted by molar-refractivity contribution is 9.11. The van der Waals surface area contributed by atoms with Crippen LogP contribution in [0.4, 0.5) is 0 Å². The Morgan fingerprint density at radius 1 is 1.26 bits per heavy atom. The maximum atomic E-state index is 11.7. The summed E-state index contributed by atoms with van der Waals surface area (Å²) < 4.78 is 23.9. The highest BCUT2D eigenvalue weighted by Crippen LogP contribution is 2.27. The number of nitrogens with two attached hydrogens (primary N) is 2. The molecular weight excluding hydrogens is 330 g/mol. The summed E-state index contributed by atoms with van der Waals surface area (Å²) >= 11 is 3.20. The summed E-state index contributed by atoms with van der Waals surface area (Å²) in [4.78, 5) is -0.0433. The number of halogens is 1. The molecule has 0 spiro atoms. The molecule has 0 saturated heterocycles. The Labute approximate surface area is 120 Å². The molecule has 0 saturated carbocycles. The van der Waals surface area contributed by atoms with Gasteiger partial charge in [-0.1, -0.05) is 30.3 Å². The number of hydrogen-bond donors (Lipinski definition) is 3. The molecular formula is C12H14BrN3O2S. The van der Waals surface area contributed by atoms with E-state index in [1.54, 1.807) is 6.20 Å². The zero-order valence-corrected chi connectivity index (χ0v) is 12.4. The molecule has 2 rings (SSSR count). The molecule has 1 heterocycles. The van der Waals surface area contributed by atoms with Crippen molar-refractivity contribution in [3.05, 3.63) is 57.6 Å². The fourth-order valence-corrected chi connectivity index (χ4v) is 3.38. The lowest BCUT2D eigenvalue weighted by atomic mass is 9.98. The SMILES string of the molecule is NC1(Cc2ccccc2)NC=C(Br)C=C1S(N)(=O)=O. The first-order chi connectivity index (χ1) is 8.81. The van der Waals surface area contributed by atoms with Gasteiger partial charge in [0, 0.05) is 17.1 Å². The van der Waals surface area contributed by atoms with Crippen LogP contribution in [0.3, 0.4) is 0 Å². The lowest BCUT2D eigenvalue weighted by Crippen LogP contribution is -2.58. The number of sulfonamides is 1. The largest absolute Gasteiger partial charge is 0.368 e. The monoisotopic (exact) mass is 343 g/mol. The average Bonchev–Trinajstić information content (AvgIpc) is 2.32. The molecule has 0 bridgehead atoms. The van der Waals surface area contributed by atoms with E-state index in [-0.39, 0.29) is 4.91 Å². The Balaban J connectivity index is 2.40. The molecule has 102 valence electrons. The van der Waals surface area contributed by atoms with Gasteiger partial charge in [-0.2, -0.15) is 0 Å². The van der Waals surface area contributed by atoms with Crippen LogP contribution in [0.1, 0.15) is 5.56 Å². The molecule has 5 N–H and O–H groups in total. The molecule has 1 aliphatic heterocycles. The maximum absolute atomic E-state index is 11.7. The van der Waals surface area contributed by atoms with Crippen LogP contribution in [-0.4, -0.2) is 14.1 Å². The third-order valence-electron chi connectivity index (χ3n) is 2.81. The number of primary sulfonamides is 1. The van der Waals surface area contributed by atoms with E-state index in [1.165, 1.54) is 6.08 Å². The smallest absolute Gasteiger partial charge is 0.237 e. The summed E-state index contributed by atoms with van der Waals surface area (Å²) in [5.41, 5.74) is 5.85. The van der Waals surface area contributed by atoms with Crippen LogP contribution < -0.4 is 16.2 Å². The van der Waals surface area contributed by atoms with E-state index in [2.05, 4.69) is 21.2 Å². The summed E-state index contributed by atoms with van der Waals surface area (Å²) in [6.45, 7) is 0. The fraction of sp³-hybridized carbons (Fsp3) is 0.167. The highest BCUT2D eigenvalue weighted by atomic mass is 79.9. The molecule has 0 amide bonds. The van der Waals surface area contributed by atoms with Crippen molar-refractivity contribution in [2.24, 2.45) is 10.9 Å². The van der Waals surface area contributed by atoms with Crippen molar-refractivity contribution in [2.45, 2.75) is 12.1 Å². The zero-order valence-electron chi connectivity index (χ0n) is 10.0. The molecule has 0 radical (unpaired) electrons. The van der Waals surface area contributed by atoms with E-state index >= 15 is 0 Å². The van der Waals surface area contributed by atoms with Crippen molar-refractivity contribution in [3.63, 3.8) is 0 Å². The predicted octanol–water partition coefficient (Wildman–Crippen LogP) is 0.896. The van der Waals surface area contributed by atoms with Gasteiger partial charge < -0.3 is 11.1 Å². The second-order valence-corrected chi connectivity index (χ2v) is 6.81. The predicted molar refractivity (Wildman–Crippen MR) is 78.4 cm³/mol. The molecule has 1 aliphatic rings. The van der Waals surface area contributed by atoms with E-state index in [9.17, 15) is 8.42 Å². The van der Waals surface area contributed by atoms with E-state index in [1.807, 2.05) is 30.3 Å². The molecule has 5 nitrogen and oxygen atoms in total. The first-order valence-corrected chi connectivity index (χ1v) is 7.86. The Kier molecular flexibility index (Phi) is 3.82.